The summed E-state index contributed by atoms with van der Waals surface area (Å²) in [5, 5.41) is 0. The van der Waals surface area contributed by atoms with Crippen LogP contribution in [0.25, 0.3) is 22.3 Å². The van der Waals surface area contributed by atoms with E-state index < -0.39 is 0 Å². The zero-order valence-corrected chi connectivity index (χ0v) is 16.1. The summed E-state index contributed by atoms with van der Waals surface area (Å²) in [6.07, 6.45) is 3.90. The third-order valence-electron chi connectivity index (χ3n) is 6.07. The fraction of sp³-hybridized carbons (Fsp3) is 0.200. The van der Waals surface area contributed by atoms with Crippen molar-refractivity contribution in [3.8, 4) is 22.8 Å². The van der Waals surface area contributed by atoms with Crippen LogP contribution in [0.5, 0.6) is 11.5 Å². The lowest BCUT2D eigenvalue weighted by atomic mass is 9.68. The molecule has 0 radical (unpaired) electrons. The SMILES string of the molecule is CCC1(CC)c2ccccc2Oc2ccc(-c3cnc4ccccc4n3)cc21. The smallest absolute Gasteiger partial charge is 0.131 e. The van der Waals surface area contributed by atoms with E-state index in [9.17, 15) is 0 Å². The maximum absolute atomic E-state index is 6.26. The highest BCUT2D eigenvalue weighted by atomic mass is 16.5. The Morgan fingerprint density at radius 2 is 1.50 bits per heavy atom. The van der Waals surface area contributed by atoms with Crippen molar-refractivity contribution in [2.75, 3.05) is 0 Å². The zero-order chi connectivity index (χ0) is 19.1. The monoisotopic (exact) mass is 366 g/mol. The van der Waals surface area contributed by atoms with Crippen LogP contribution in [0.1, 0.15) is 37.8 Å². The Hall–Kier alpha value is -3.20. The van der Waals surface area contributed by atoms with E-state index >= 15 is 0 Å². The van der Waals surface area contributed by atoms with Crippen molar-refractivity contribution in [1.82, 2.24) is 9.97 Å². The highest BCUT2D eigenvalue weighted by Crippen LogP contribution is 2.52. The largest absolute Gasteiger partial charge is 0.457 e. The van der Waals surface area contributed by atoms with Gasteiger partial charge in [0.25, 0.3) is 0 Å². The van der Waals surface area contributed by atoms with Crippen LogP contribution in [-0.4, -0.2) is 9.97 Å². The van der Waals surface area contributed by atoms with Gasteiger partial charge in [0.05, 0.1) is 22.9 Å². The third-order valence-corrected chi connectivity index (χ3v) is 6.07. The molecule has 0 aliphatic carbocycles. The predicted molar refractivity (Wildman–Crippen MR) is 113 cm³/mol. The molecule has 1 aliphatic heterocycles. The van der Waals surface area contributed by atoms with Crippen molar-refractivity contribution in [1.29, 1.82) is 0 Å². The van der Waals surface area contributed by atoms with Gasteiger partial charge in [0.2, 0.25) is 0 Å². The van der Waals surface area contributed by atoms with Gasteiger partial charge >= 0.3 is 0 Å². The van der Waals surface area contributed by atoms with Crippen LogP contribution in [0.2, 0.25) is 0 Å². The highest BCUT2D eigenvalue weighted by Gasteiger charge is 2.39. The normalized spacial score (nSPS) is 14.2. The van der Waals surface area contributed by atoms with Gasteiger partial charge in [0.15, 0.2) is 0 Å². The maximum atomic E-state index is 6.26. The topological polar surface area (TPSA) is 35.0 Å². The summed E-state index contributed by atoms with van der Waals surface area (Å²) in [5.74, 6) is 1.91. The van der Waals surface area contributed by atoms with Gasteiger partial charge in [-0.05, 0) is 49.2 Å². The fourth-order valence-corrected chi connectivity index (χ4v) is 4.47. The van der Waals surface area contributed by atoms with Crippen molar-refractivity contribution in [3.63, 3.8) is 0 Å². The molecule has 0 saturated carbocycles. The number of nitrogens with zero attached hydrogens (tertiary/aromatic N) is 2. The van der Waals surface area contributed by atoms with Crippen LogP contribution in [0.3, 0.4) is 0 Å². The summed E-state index contributed by atoms with van der Waals surface area (Å²) in [7, 11) is 0. The number of rotatable bonds is 3. The molecule has 0 amide bonds. The highest BCUT2D eigenvalue weighted by molar-refractivity contribution is 5.77. The second kappa shape index (κ2) is 6.45. The molecule has 3 nitrogen and oxygen atoms in total. The second-order valence-electron chi connectivity index (χ2n) is 7.34. The molecule has 0 N–H and O–H groups in total. The molecule has 138 valence electrons. The number of aromatic nitrogens is 2. The van der Waals surface area contributed by atoms with E-state index in [1.165, 1.54) is 11.1 Å². The molecular formula is C25H22N2O. The van der Waals surface area contributed by atoms with E-state index in [2.05, 4.69) is 55.2 Å². The van der Waals surface area contributed by atoms with Crippen LogP contribution >= 0.6 is 0 Å². The van der Waals surface area contributed by atoms with Crippen molar-refractivity contribution < 1.29 is 4.74 Å². The average Bonchev–Trinajstić information content (AvgIpc) is 2.77. The van der Waals surface area contributed by atoms with Gasteiger partial charge in [0.1, 0.15) is 11.5 Å². The van der Waals surface area contributed by atoms with E-state index in [1.54, 1.807) is 0 Å². The summed E-state index contributed by atoms with van der Waals surface area (Å²) in [4.78, 5) is 9.42. The number of fused-ring (bicyclic) bond motifs is 3. The molecule has 0 fully saturated rings. The Balaban J connectivity index is 1.69. The molecular weight excluding hydrogens is 344 g/mol. The van der Waals surface area contributed by atoms with Crippen molar-refractivity contribution in [3.05, 3.63) is 84.1 Å². The molecule has 3 heteroatoms. The van der Waals surface area contributed by atoms with E-state index in [0.29, 0.717) is 0 Å². The Labute approximate surface area is 165 Å². The molecule has 4 aromatic rings. The molecule has 5 rings (SSSR count). The van der Waals surface area contributed by atoms with Gasteiger partial charge in [-0.3, -0.25) is 4.98 Å². The van der Waals surface area contributed by atoms with Gasteiger partial charge in [-0.1, -0.05) is 44.2 Å². The van der Waals surface area contributed by atoms with Gasteiger partial charge < -0.3 is 4.74 Å². The lowest BCUT2D eigenvalue weighted by molar-refractivity contribution is 0.375. The van der Waals surface area contributed by atoms with E-state index in [1.807, 2.05) is 36.5 Å². The first kappa shape index (κ1) is 16.9. The van der Waals surface area contributed by atoms with E-state index in [-0.39, 0.29) is 5.41 Å². The number of hydrogen-bond acceptors (Lipinski definition) is 3. The Bertz CT molecular complexity index is 1180. The van der Waals surface area contributed by atoms with Crippen molar-refractivity contribution in [2.24, 2.45) is 0 Å². The molecule has 0 saturated heterocycles. The zero-order valence-electron chi connectivity index (χ0n) is 16.1. The summed E-state index contributed by atoms with van der Waals surface area (Å²) in [5.41, 5.74) is 6.25. The first-order chi connectivity index (χ1) is 13.7. The van der Waals surface area contributed by atoms with Crippen molar-refractivity contribution in [2.45, 2.75) is 32.1 Å². The van der Waals surface area contributed by atoms with Crippen LogP contribution in [-0.2, 0) is 5.41 Å². The Kier molecular flexibility index (Phi) is 3.90. The number of para-hydroxylation sites is 3. The molecule has 1 aliphatic rings. The Morgan fingerprint density at radius 3 is 2.32 bits per heavy atom. The molecule has 0 spiro atoms. The van der Waals surface area contributed by atoms with Gasteiger partial charge in [-0.25, -0.2) is 4.98 Å². The summed E-state index contributed by atoms with van der Waals surface area (Å²) in [6.45, 7) is 4.52. The maximum Gasteiger partial charge on any atom is 0.131 e. The fourth-order valence-electron chi connectivity index (χ4n) is 4.47. The van der Waals surface area contributed by atoms with Gasteiger partial charge in [-0.2, -0.15) is 0 Å². The minimum Gasteiger partial charge on any atom is -0.457 e. The van der Waals surface area contributed by atoms with E-state index in [0.717, 1.165) is 46.6 Å². The van der Waals surface area contributed by atoms with Gasteiger partial charge in [-0.15, -0.1) is 0 Å². The lowest BCUT2D eigenvalue weighted by Gasteiger charge is -2.39. The first-order valence-electron chi connectivity index (χ1n) is 9.89. The summed E-state index contributed by atoms with van der Waals surface area (Å²) in [6, 6.07) is 22.8. The van der Waals surface area contributed by atoms with Crippen LogP contribution in [0.15, 0.2) is 72.9 Å². The number of hydrogen-bond donors (Lipinski definition) is 0. The molecule has 0 bridgehead atoms. The van der Waals surface area contributed by atoms with Crippen LogP contribution in [0, 0.1) is 0 Å². The van der Waals surface area contributed by atoms with Gasteiger partial charge in [0, 0.05) is 22.1 Å². The molecule has 3 aromatic carbocycles. The molecule has 0 unspecified atom stereocenters. The minimum absolute atomic E-state index is 0.0511. The third kappa shape index (κ3) is 2.43. The van der Waals surface area contributed by atoms with E-state index in [4.69, 9.17) is 9.72 Å². The predicted octanol–water partition coefficient (Wildman–Crippen LogP) is 6.51. The van der Waals surface area contributed by atoms with Crippen LogP contribution < -0.4 is 4.74 Å². The Morgan fingerprint density at radius 1 is 0.786 bits per heavy atom. The number of benzene rings is 3. The first-order valence-corrected chi connectivity index (χ1v) is 9.89. The molecule has 1 aromatic heterocycles. The lowest BCUT2D eigenvalue weighted by Crippen LogP contribution is -2.30. The molecule has 2 heterocycles. The van der Waals surface area contributed by atoms with Crippen molar-refractivity contribution >= 4 is 11.0 Å². The standard InChI is InChI=1S/C25H22N2O/c1-3-25(4-2)18-9-5-8-12-23(18)28-24-14-13-17(15-19(24)25)22-16-26-20-10-6-7-11-21(20)27-22/h5-16H,3-4H2,1-2H3. The number of ether oxygens (including phenoxy) is 1. The molecule has 28 heavy (non-hydrogen) atoms. The second-order valence-corrected chi connectivity index (χ2v) is 7.34. The van der Waals surface area contributed by atoms with Crippen LogP contribution in [0.4, 0.5) is 0 Å². The minimum atomic E-state index is -0.0511. The quantitative estimate of drug-likeness (QED) is 0.414. The average molecular weight is 366 g/mol. The summed E-state index contributed by atoms with van der Waals surface area (Å²) < 4.78 is 6.26. The summed E-state index contributed by atoms with van der Waals surface area (Å²) >= 11 is 0. The molecule has 0 atom stereocenters.